The van der Waals surface area contributed by atoms with Crippen molar-refractivity contribution in [3.8, 4) is 17.0 Å². The molecule has 0 aliphatic rings. The van der Waals surface area contributed by atoms with Crippen LogP contribution in [-0.4, -0.2) is 29.3 Å². The molecule has 3 aromatic rings. The van der Waals surface area contributed by atoms with Gasteiger partial charge in [-0.05, 0) is 80.1 Å². The van der Waals surface area contributed by atoms with Gasteiger partial charge in [0.15, 0.2) is 5.60 Å². The number of aliphatic carboxylic acids is 1. The zero-order chi connectivity index (χ0) is 23.3. The van der Waals surface area contributed by atoms with Gasteiger partial charge >= 0.3 is 5.97 Å². The van der Waals surface area contributed by atoms with Crippen molar-refractivity contribution in [3.63, 3.8) is 0 Å². The molecule has 0 saturated heterocycles. The minimum absolute atomic E-state index is 0.389. The molecular formula is C27H33NO4. The van der Waals surface area contributed by atoms with Gasteiger partial charge in [0.05, 0.1) is 6.61 Å². The van der Waals surface area contributed by atoms with Crippen molar-refractivity contribution in [2.75, 3.05) is 13.2 Å². The van der Waals surface area contributed by atoms with Gasteiger partial charge in [-0.2, -0.15) is 0 Å². The van der Waals surface area contributed by atoms with Crippen LogP contribution in [0, 0.1) is 20.8 Å². The Morgan fingerprint density at radius 1 is 1.03 bits per heavy atom. The Bertz CT molecular complexity index is 1050. The van der Waals surface area contributed by atoms with Crippen molar-refractivity contribution in [1.82, 2.24) is 4.98 Å². The highest BCUT2D eigenvalue weighted by atomic mass is 16.5. The number of aryl methyl sites for hydroxylation is 3. The second-order valence-corrected chi connectivity index (χ2v) is 8.42. The van der Waals surface area contributed by atoms with E-state index in [0.29, 0.717) is 18.8 Å². The van der Waals surface area contributed by atoms with Crippen molar-refractivity contribution in [3.05, 3.63) is 76.5 Å². The van der Waals surface area contributed by atoms with Crippen molar-refractivity contribution >= 4 is 5.97 Å². The fourth-order valence-electron chi connectivity index (χ4n) is 3.92. The third-order valence-electron chi connectivity index (χ3n) is 5.84. The Hall–Kier alpha value is -3.05. The van der Waals surface area contributed by atoms with E-state index in [2.05, 4.69) is 30.1 Å². The minimum atomic E-state index is -1.37. The molecule has 3 rings (SSSR count). The second kappa shape index (κ2) is 10.0. The van der Waals surface area contributed by atoms with Crippen LogP contribution < -0.4 is 4.74 Å². The topological polar surface area (TPSA) is 71.6 Å². The van der Waals surface area contributed by atoms with Crippen LogP contribution in [0.5, 0.6) is 5.75 Å². The lowest BCUT2D eigenvalue weighted by Gasteiger charge is -2.27. The average Bonchev–Trinajstić information content (AvgIpc) is 3.14. The molecule has 5 heteroatoms. The van der Waals surface area contributed by atoms with Gasteiger partial charge in [-0.3, -0.25) is 0 Å². The minimum Gasteiger partial charge on any atom is -0.493 e. The van der Waals surface area contributed by atoms with E-state index in [1.54, 1.807) is 6.92 Å². The first-order chi connectivity index (χ1) is 15.3. The number of ether oxygens (including phenoxy) is 2. The van der Waals surface area contributed by atoms with Crippen LogP contribution in [0.25, 0.3) is 11.3 Å². The third kappa shape index (κ3) is 5.05. The third-order valence-corrected chi connectivity index (χ3v) is 5.84. The van der Waals surface area contributed by atoms with Crippen LogP contribution in [0.2, 0.25) is 0 Å². The number of nitrogens with one attached hydrogen (secondary N) is 1. The summed E-state index contributed by atoms with van der Waals surface area (Å²) in [6, 6.07) is 16.2. The fourth-order valence-corrected chi connectivity index (χ4v) is 3.92. The summed E-state index contributed by atoms with van der Waals surface area (Å²) in [5.74, 6) is -0.191. The number of hydrogen-bond acceptors (Lipinski definition) is 3. The molecule has 0 spiro atoms. The smallest absolute Gasteiger partial charge is 0.340 e. The predicted octanol–water partition coefficient (Wildman–Crippen LogP) is 5.95. The summed E-state index contributed by atoms with van der Waals surface area (Å²) < 4.78 is 11.9. The Morgan fingerprint density at radius 2 is 1.69 bits per heavy atom. The van der Waals surface area contributed by atoms with Crippen molar-refractivity contribution in [2.45, 2.75) is 53.1 Å². The molecule has 2 N–H and O–H groups in total. The number of aromatic amines is 1. The zero-order valence-electron chi connectivity index (χ0n) is 19.6. The highest BCUT2D eigenvalue weighted by molar-refractivity contribution is 5.79. The maximum atomic E-state index is 11.9. The van der Waals surface area contributed by atoms with Crippen LogP contribution in [0.4, 0.5) is 0 Å². The van der Waals surface area contributed by atoms with Gasteiger partial charge in [-0.25, -0.2) is 4.79 Å². The summed E-state index contributed by atoms with van der Waals surface area (Å²) in [5, 5.41) is 9.78. The van der Waals surface area contributed by atoms with E-state index >= 15 is 0 Å². The van der Waals surface area contributed by atoms with E-state index < -0.39 is 11.6 Å². The summed E-state index contributed by atoms with van der Waals surface area (Å²) in [5.41, 5.74) is 5.71. The molecule has 1 heterocycles. The molecule has 0 radical (unpaired) electrons. The number of H-pyrrole nitrogens is 1. The van der Waals surface area contributed by atoms with Crippen LogP contribution in [0.3, 0.4) is 0 Å². The van der Waals surface area contributed by atoms with Crippen molar-refractivity contribution in [2.24, 2.45) is 0 Å². The molecule has 1 aromatic heterocycles. The lowest BCUT2D eigenvalue weighted by Crippen LogP contribution is -2.36. The molecule has 1 atom stereocenters. The molecule has 170 valence electrons. The summed E-state index contributed by atoms with van der Waals surface area (Å²) >= 11 is 0. The van der Waals surface area contributed by atoms with Crippen LogP contribution in [-0.2, 0) is 21.6 Å². The second-order valence-electron chi connectivity index (χ2n) is 8.42. The van der Waals surface area contributed by atoms with Gasteiger partial charge in [0.1, 0.15) is 5.75 Å². The largest absolute Gasteiger partial charge is 0.493 e. The van der Waals surface area contributed by atoms with Gasteiger partial charge in [-0.1, -0.05) is 37.3 Å². The first-order valence-electron chi connectivity index (χ1n) is 11.1. The van der Waals surface area contributed by atoms with Gasteiger partial charge in [0.25, 0.3) is 0 Å². The molecule has 0 bridgehead atoms. The molecule has 1 unspecified atom stereocenters. The molecule has 0 fully saturated rings. The normalized spacial score (nSPS) is 13.0. The van der Waals surface area contributed by atoms with E-state index in [1.807, 2.05) is 51.1 Å². The Labute approximate surface area is 190 Å². The summed E-state index contributed by atoms with van der Waals surface area (Å²) in [7, 11) is 0. The standard InChI is InChI=1S/C27H33NO4/c1-6-13-32-27(5,26(29)30)23-15-18(2)25(19(3)16-23)31-14-12-22-17-24(28-20(22)4)21-10-8-7-9-11-21/h7-11,15-17,28H,6,12-14H2,1-5H3,(H,29,30). The number of hydrogen-bond donors (Lipinski definition) is 2. The van der Waals surface area contributed by atoms with E-state index in [9.17, 15) is 9.90 Å². The highest BCUT2D eigenvalue weighted by Gasteiger charge is 2.37. The first kappa shape index (κ1) is 23.6. The van der Waals surface area contributed by atoms with Crippen molar-refractivity contribution < 1.29 is 19.4 Å². The van der Waals surface area contributed by atoms with Crippen LogP contribution in [0.15, 0.2) is 48.5 Å². The van der Waals surface area contributed by atoms with Gasteiger partial charge in [0.2, 0.25) is 0 Å². The number of benzene rings is 2. The molecule has 0 amide bonds. The van der Waals surface area contributed by atoms with E-state index in [0.717, 1.165) is 46.7 Å². The number of carbonyl (C=O) groups is 1. The maximum Gasteiger partial charge on any atom is 0.340 e. The summed E-state index contributed by atoms with van der Waals surface area (Å²) in [6.45, 7) is 10.5. The first-order valence-corrected chi connectivity index (χ1v) is 11.1. The molecule has 32 heavy (non-hydrogen) atoms. The van der Waals surface area contributed by atoms with Crippen LogP contribution in [0.1, 0.15) is 48.2 Å². The number of carboxylic acid groups (broad SMARTS) is 1. The van der Waals surface area contributed by atoms with Crippen molar-refractivity contribution in [1.29, 1.82) is 0 Å². The summed E-state index contributed by atoms with van der Waals surface area (Å²) in [6.07, 6.45) is 1.54. The predicted molar refractivity (Wildman–Crippen MR) is 127 cm³/mol. The lowest BCUT2D eigenvalue weighted by molar-refractivity contribution is -0.165. The Kier molecular flexibility index (Phi) is 7.41. The number of rotatable bonds is 10. The van der Waals surface area contributed by atoms with E-state index in [-0.39, 0.29) is 0 Å². The zero-order valence-corrected chi connectivity index (χ0v) is 19.6. The SMILES string of the molecule is CCCOC(C)(C(=O)O)c1cc(C)c(OCCc2cc(-c3ccccc3)[nH]c2C)c(C)c1. The molecule has 0 aliphatic heterocycles. The molecule has 2 aromatic carbocycles. The van der Waals surface area contributed by atoms with Gasteiger partial charge in [0, 0.05) is 24.4 Å². The summed E-state index contributed by atoms with van der Waals surface area (Å²) in [4.78, 5) is 15.4. The average molecular weight is 436 g/mol. The molecule has 0 saturated carbocycles. The highest BCUT2D eigenvalue weighted by Crippen LogP contribution is 2.33. The molecular weight excluding hydrogens is 402 g/mol. The Balaban J connectivity index is 1.73. The lowest BCUT2D eigenvalue weighted by atomic mass is 9.92. The van der Waals surface area contributed by atoms with E-state index in [1.165, 1.54) is 5.56 Å². The quantitative estimate of drug-likeness (QED) is 0.412. The number of carboxylic acids is 1. The molecule has 0 aliphatic carbocycles. The number of aromatic nitrogens is 1. The maximum absolute atomic E-state index is 11.9. The van der Waals surface area contributed by atoms with Crippen LogP contribution >= 0.6 is 0 Å². The van der Waals surface area contributed by atoms with Gasteiger partial charge in [-0.15, -0.1) is 0 Å². The fraction of sp³-hybridized carbons (Fsp3) is 0.370. The molecule has 5 nitrogen and oxygen atoms in total. The Morgan fingerprint density at radius 3 is 2.28 bits per heavy atom. The van der Waals surface area contributed by atoms with Gasteiger partial charge < -0.3 is 19.6 Å². The van der Waals surface area contributed by atoms with E-state index in [4.69, 9.17) is 9.47 Å². The monoisotopic (exact) mass is 435 g/mol.